The number of halogens is 1. The van der Waals surface area contributed by atoms with Gasteiger partial charge >= 0.3 is 0 Å². The van der Waals surface area contributed by atoms with Crippen molar-refractivity contribution in [3.63, 3.8) is 0 Å². The summed E-state index contributed by atoms with van der Waals surface area (Å²) in [5.41, 5.74) is 3.64. The molecule has 0 amide bonds. The molecule has 0 aliphatic rings. The summed E-state index contributed by atoms with van der Waals surface area (Å²) in [4.78, 5) is 32.4. The second-order valence-corrected chi connectivity index (χ2v) is 14.9. The van der Waals surface area contributed by atoms with Gasteiger partial charge in [-0.15, -0.1) is 11.3 Å². The molecule has 0 saturated carbocycles. The molecule has 0 aliphatic heterocycles. The quantitative estimate of drug-likeness (QED) is 0.103. The number of thiophene rings is 1. The van der Waals surface area contributed by atoms with Crippen LogP contribution < -0.4 is 10.9 Å². The fourth-order valence-corrected chi connectivity index (χ4v) is 6.05. The molecule has 2 aromatic carbocycles. The third-order valence-electron chi connectivity index (χ3n) is 7.83. The van der Waals surface area contributed by atoms with Crippen molar-refractivity contribution in [1.29, 1.82) is 0 Å². The van der Waals surface area contributed by atoms with Crippen LogP contribution in [0.2, 0.25) is 5.02 Å². The van der Waals surface area contributed by atoms with E-state index in [0.717, 1.165) is 46.1 Å². The summed E-state index contributed by atoms with van der Waals surface area (Å²) >= 11 is 7.39. The molecule has 0 atom stereocenters. The van der Waals surface area contributed by atoms with Gasteiger partial charge in [-0.1, -0.05) is 92.0 Å². The Kier molecular flexibility index (Phi) is 18.8. The first kappa shape index (κ1) is 42.1. The molecule has 49 heavy (non-hydrogen) atoms. The smallest absolute Gasteiger partial charge is 0.277 e. The average Bonchev–Trinajstić information content (AvgIpc) is 3.63. The molecule has 5 rings (SSSR count). The average molecular weight is 710 g/mol. The Bertz CT molecular complexity index is 1740. The van der Waals surface area contributed by atoms with E-state index < -0.39 is 0 Å². The molecule has 0 saturated heterocycles. The van der Waals surface area contributed by atoms with Crippen LogP contribution in [0.4, 0.5) is 0 Å². The maximum atomic E-state index is 13.2. The largest absolute Gasteiger partial charge is 0.317 e. The molecule has 9 heteroatoms. The van der Waals surface area contributed by atoms with E-state index in [1.165, 1.54) is 63.1 Å². The summed E-state index contributed by atoms with van der Waals surface area (Å²) in [7, 11) is 4.07. The summed E-state index contributed by atoms with van der Waals surface area (Å²) in [5, 5.41) is 3.92. The number of benzene rings is 2. The highest BCUT2D eigenvalue weighted by molar-refractivity contribution is 7.22. The second kappa shape index (κ2) is 21.9. The van der Waals surface area contributed by atoms with Gasteiger partial charge in [0.15, 0.2) is 0 Å². The molecule has 0 spiro atoms. The van der Waals surface area contributed by atoms with E-state index in [-0.39, 0.29) is 5.56 Å². The van der Waals surface area contributed by atoms with Crippen LogP contribution in [-0.4, -0.2) is 58.4 Å². The van der Waals surface area contributed by atoms with Crippen molar-refractivity contribution in [2.75, 3.05) is 33.2 Å². The van der Waals surface area contributed by atoms with Gasteiger partial charge in [0.2, 0.25) is 5.78 Å². The SMILES string of the molecule is CC(C)CCN(C)CCC(C)C.CCC.CCCCNCC.Cn1c2cc(C=O)ccc2n2c(=O)c3sc(-c4ccc(Cl)cc4)cc3nc12. The molecule has 0 aliphatic carbocycles. The maximum absolute atomic E-state index is 13.2. The summed E-state index contributed by atoms with van der Waals surface area (Å²) in [6, 6.07) is 14.7. The lowest BCUT2D eigenvalue weighted by atomic mass is 10.1. The van der Waals surface area contributed by atoms with Gasteiger partial charge in [-0.25, -0.2) is 9.38 Å². The Hall–Kier alpha value is -3.04. The van der Waals surface area contributed by atoms with Gasteiger partial charge in [-0.2, -0.15) is 0 Å². The van der Waals surface area contributed by atoms with Gasteiger partial charge in [0.05, 0.1) is 16.6 Å². The highest BCUT2D eigenvalue weighted by Crippen LogP contribution is 2.32. The lowest BCUT2D eigenvalue weighted by Gasteiger charge is -2.18. The number of unbranched alkanes of at least 4 members (excludes halogenated alkanes) is 1. The number of imidazole rings is 1. The number of aldehydes is 1. The number of carbonyl (C=O) groups excluding carboxylic acids is 1. The molecule has 5 aromatic rings. The summed E-state index contributed by atoms with van der Waals surface area (Å²) in [6.07, 6.45) is 7.31. The molecule has 1 N–H and O–H groups in total. The van der Waals surface area contributed by atoms with Crippen molar-refractivity contribution in [2.24, 2.45) is 18.9 Å². The van der Waals surface area contributed by atoms with E-state index >= 15 is 0 Å². The van der Waals surface area contributed by atoms with Crippen LogP contribution in [-0.2, 0) is 7.05 Å². The Balaban J connectivity index is 0.000000315. The Labute approximate surface area is 303 Å². The number of nitrogens with one attached hydrogen (secondary N) is 1. The topological polar surface area (TPSA) is 71.6 Å². The zero-order chi connectivity index (χ0) is 36.5. The number of aromatic nitrogens is 3. The Morgan fingerprint density at radius 1 is 0.939 bits per heavy atom. The number of fused-ring (bicyclic) bond motifs is 4. The first-order valence-electron chi connectivity index (χ1n) is 18.0. The zero-order valence-electron chi connectivity index (χ0n) is 31.6. The molecule has 0 fully saturated rings. The molecule has 0 unspecified atom stereocenters. The van der Waals surface area contributed by atoms with E-state index in [1.54, 1.807) is 22.6 Å². The van der Waals surface area contributed by atoms with Crippen LogP contribution in [0.15, 0.2) is 53.3 Å². The van der Waals surface area contributed by atoms with Gasteiger partial charge < -0.3 is 14.8 Å². The van der Waals surface area contributed by atoms with E-state index in [2.05, 4.69) is 72.7 Å². The Morgan fingerprint density at radius 2 is 1.55 bits per heavy atom. The van der Waals surface area contributed by atoms with Crippen LogP contribution in [0.5, 0.6) is 0 Å². The molecular formula is C40H60ClN5O2S. The number of nitrogens with zero attached hydrogens (tertiary/aromatic N) is 4. The van der Waals surface area contributed by atoms with Crippen LogP contribution in [0.1, 0.15) is 97.9 Å². The summed E-state index contributed by atoms with van der Waals surface area (Å²) in [6.45, 7) is 22.5. The number of carbonyl (C=O) groups is 1. The third-order valence-corrected chi connectivity index (χ3v) is 9.24. The van der Waals surface area contributed by atoms with Gasteiger partial charge in [0, 0.05) is 22.5 Å². The minimum absolute atomic E-state index is 0.107. The predicted octanol–water partition coefficient (Wildman–Crippen LogP) is 10.4. The summed E-state index contributed by atoms with van der Waals surface area (Å²) < 4.78 is 4.04. The lowest BCUT2D eigenvalue weighted by Crippen LogP contribution is -2.23. The number of rotatable bonds is 12. The third kappa shape index (κ3) is 13.0. The first-order chi connectivity index (χ1) is 23.4. The van der Waals surface area contributed by atoms with Crippen LogP contribution in [0.3, 0.4) is 0 Å². The number of aryl methyl sites for hydroxylation is 1. The monoisotopic (exact) mass is 709 g/mol. The van der Waals surface area contributed by atoms with Crippen LogP contribution >= 0.6 is 22.9 Å². The van der Waals surface area contributed by atoms with E-state index in [1.807, 2.05) is 41.9 Å². The van der Waals surface area contributed by atoms with E-state index in [9.17, 15) is 9.59 Å². The molecule has 3 heterocycles. The second-order valence-electron chi connectivity index (χ2n) is 13.4. The number of hydrogen-bond acceptors (Lipinski definition) is 6. The van der Waals surface area contributed by atoms with E-state index in [0.29, 0.717) is 26.6 Å². The molecular weight excluding hydrogens is 650 g/mol. The highest BCUT2D eigenvalue weighted by atomic mass is 35.5. The van der Waals surface area contributed by atoms with Crippen molar-refractivity contribution in [2.45, 2.75) is 87.5 Å². The number of hydrogen-bond donors (Lipinski definition) is 1. The van der Waals surface area contributed by atoms with Crippen molar-refractivity contribution in [3.05, 3.63) is 69.5 Å². The fraction of sp³-hybridized carbons (Fsp3) is 0.525. The van der Waals surface area contributed by atoms with Crippen LogP contribution in [0, 0.1) is 11.8 Å². The molecule has 7 nitrogen and oxygen atoms in total. The minimum Gasteiger partial charge on any atom is -0.317 e. The maximum Gasteiger partial charge on any atom is 0.277 e. The van der Waals surface area contributed by atoms with Crippen molar-refractivity contribution in [3.8, 4) is 10.4 Å². The van der Waals surface area contributed by atoms with E-state index in [4.69, 9.17) is 16.6 Å². The van der Waals surface area contributed by atoms with Crippen molar-refractivity contribution < 1.29 is 4.79 Å². The van der Waals surface area contributed by atoms with Gasteiger partial charge in [0.25, 0.3) is 5.56 Å². The van der Waals surface area contributed by atoms with Gasteiger partial charge in [-0.3, -0.25) is 9.59 Å². The lowest BCUT2D eigenvalue weighted by molar-refractivity contribution is 0.112. The molecule has 0 bridgehead atoms. The van der Waals surface area contributed by atoms with Crippen molar-refractivity contribution in [1.82, 2.24) is 24.2 Å². The molecule has 3 aromatic heterocycles. The standard InChI is InChI=1S/C20H12ClN3O2S.C11H25N.C6H15N.C3H8/c1-23-16-8-11(10-25)2-7-15(16)24-19(26)18-14(22-20(23)24)9-17(27-18)12-3-5-13(21)6-4-12;1-10(2)6-8-12(5)9-7-11(3)4;1-3-5-6-7-4-2;1-3-2/h2-10H,1H3;10-11H,6-9H2,1-5H3;7H,3-6H2,1-2H3;3H2,1-2H3. The van der Waals surface area contributed by atoms with Gasteiger partial charge in [0.1, 0.15) is 11.0 Å². The summed E-state index contributed by atoms with van der Waals surface area (Å²) in [5.74, 6) is 2.23. The highest BCUT2D eigenvalue weighted by Gasteiger charge is 2.17. The molecule has 0 radical (unpaired) electrons. The van der Waals surface area contributed by atoms with Crippen molar-refractivity contribution >= 4 is 56.3 Å². The fourth-order valence-electron chi connectivity index (χ4n) is 4.89. The molecule has 270 valence electrons. The zero-order valence-corrected chi connectivity index (χ0v) is 33.2. The first-order valence-corrected chi connectivity index (χ1v) is 19.2. The normalized spacial score (nSPS) is 11.1. The van der Waals surface area contributed by atoms with Crippen LogP contribution in [0.25, 0.3) is 37.5 Å². The minimum atomic E-state index is -0.107. The van der Waals surface area contributed by atoms with Gasteiger partial charge in [-0.05, 0) is 106 Å². The Morgan fingerprint density at radius 3 is 2.08 bits per heavy atom. The predicted molar refractivity (Wildman–Crippen MR) is 215 cm³/mol.